The molecule has 0 aliphatic heterocycles. The lowest BCUT2D eigenvalue weighted by atomic mass is 10.0. The quantitative estimate of drug-likeness (QED) is 0.710. The highest BCUT2D eigenvalue weighted by Crippen LogP contribution is 2.31. The van der Waals surface area contributed by atoms with Crippen molar-refractivity contribution in [2.45, 2.75) is 20.3 Å². The number of rotatable bonds is 3. The number of benzene rings is 1. The third-order valence-electron chi connectivity index (χ3n) is 3.48. The summed E-state index contributed by atoms with van der Waals surface area (Å²) in [4.78, 5) is 11.1. The van der Waals surface area contributed by atoms with E-state index < -0.39 is 0 Å². The van der Waals surface area contributed by atoms with Crippen molar-refractivity contribution < 1.29 is 0 Å². The molecule has 100 valence electrons. The predicted molar refractivity (Wildman–Crippen MR) is 84.1 cm³/mol. The minimum Gasteiger partial charge on any atom is -0.261 e. The van der Waals surface area contributed by atoms with Crippen LogP contribution in [-0.2, 0) is 6.42 Å². The molecule has 0 saturated carbocycles. The van der Waals surface area contributed by atoms with E-state index in [-0.39, 0.29) is 0 Å². The van der Waals surface area contributed by atoms with Crippen LogP contribution >= 0.6 is 11.3 Å². The number of hydrogen-bond acceptors (Lipinski definition) is 3. The van der Waals surface area contributed by atoms with Crippen molar-refractivity contribution in [2.24, 2.45) is 0 Å². The molecule has 20 heavy (non-hydrogen) atoms. The van der Waals surface area contributed by atoms with E-state index in [1.54, 1.807) is 23.7 Å². The molecule has 3 rings (SSSR count). The molecule has 0 bridgehead atoms. The topological polar surface area (TPSA) is 25.8 Å². The lowest BCUT2D eigenvalue weighted by Gasteiger charge is -2.04. The van der Waals surface area contributed by atoms with Crippen LogP contribution in [0.15, 0.2) is 48.9 Å². The van der Waals surface area contributed by atoms with E-state index in [0.717, 1.165) is 12.1 Å². The summed E-state index contributed by atoms with van der Waals surface area (Å²) in [5.41, 5.74) is 5.07. The van der Waals surface area contributed by atoms with Gasteiger partial charge in [0.25, 0.3) is 0 Å². The summed E-state index contributed by atoms with van der Waals surface area (Å²) in [6, 6.07) is 10.8. The van der Waals surface area contributed by atoms with Crippen LogP contribution in [0.4, 0.5) is 0 Å². The molecule has 0 aliphatic rings. The monoisotopic (exact) mass is 280 g/mol. The molecule has 2 nitrogen and oxygen atoms in total. The highest BCUT2D eigenvalue weighted by atomic mass is 32.1. The van der Waals surface area contributed by atoms with Gasteiger partial charge in [-0.05, 0) is 43.0 Å². The van der Waals surface area contributed by atoms with Crippen molar-refractivity contribution in [3.05, 3.63) is 70.5 Å². The first-order valence-corrected chi connectivity index (χ1v) is 7.46. The zero-order valence-electron chi connectivity index (χ0n) is 11.6. The van der Waals surface area contributed by atoms with E-state index in [1.165, 1.54) is 26.4 Å². The Morgan fingerprint density at radius 1 is 1.05 bits per heavy atom. The summed E-state index contributed by atoms with van der Waals surface area (Å²) in [6.45, 7) is 4.35. The summed E-state index contributed by atoms with van der Waals surface area (Å²) in [6.07, 6.45) is 6.25. The Morgan fingerprint density at radius 3 is 2.65 bits per heavy atom. The van der Waals surface area contributed by atoms with Crippen LogP contribution in [0.3, 0.4) is 0 Å². The molecule has 0 fully saturated rings. The van der Waals surface area contributed by atoms with E-state index >= 15 is 0 Å². The van der Waals surface area contributed by atoms with Crippen molar-refractivity contribution >= 4 is 11.3 Å². The molecule has 3 aromatic rings. The second-order valence-electron chi connectivity index (χ2n) is 4.89. The average Bonchev–Trinajstić information content (AvgIpc) is 2.84. The molecule has 0 N–H and O–H groups in total. The smallest absolute Gasteiger partial charge is 0.0984 e. The van der Waals surface area contributed by atoms with Gasteiger partial charge >= 0.3 is 0 Å². The maximum absolute atomic E-state index is 4.38. The molecular weight excluding hydrogens is 264 g/mol. The van der Waals surface area contributed by atoms with E-state index in [1.807, 2.05) is 6.20 Å². The van der Waals surface area contributed by atoms with Crippen molar-refractivity contribution in [2.75, 3.05) is 0 Å². The van der Waals surface area contributed by atoms with Crippen LogP contribution in [0, 0.1) is 13.8 Å². The second-order valence-corrected chi connectivity index (χ2v) is 6.14. The Morgan fingerprint density at radius 2 is 1.90 bits per heavy atom. The first-order chi connectivity index (χ1) is 9.74. The first-order valence-electron chi connectivity index (χ1n) is 6.64. The summed E-state index contributed by atoms with van der Waals surface area (Å²) in [7, 11) is 0. The number of hydrogen-bond donors (Lipinski definition) is 0. The van der Waals surface area contributed by atoms with Crippen LogP contribution in [0.2, 0.25) is 0 Å². The van der Waals surface area contributed by atoms with Gasteiger partial charge in [0.2, 0.25) is 0 Å². The molecule has 0 amide bonds. The molecule has 0 atom stereocenters. The Bertz CT molecular complexity index is 717. The fourth-order valence-corrected chi connectivity index (χ4v) is 3.26. The van der Waals surface area contributed by atoms with Gasteiger partial charge in [0.05, 0.1) is 16.8 Å². The van der Waals surface area contributed by atoms with Gasteiger partial charge < -0.3 is 0 Å². The lowest BCUT2D eigenvalue weighted by molar-refractivity contribution is 1.15. The first kappa shape index (κ1) is 13.0. The van der Waals surface area contributed by atoms with E-state index in [4.69, 9.17) is 0 Å². The highest BCUT2D eigenvalue weighted by molar-refractivity contribution is 7.15. The molecule has 1 aromatic carbocycles. The molecular formula is C17H16N2S. The normalized spacial score (nSPS) is 10.7. The number of nitrogens with zero attached hydrogens (tertiary/aromatic N) is 2. The van der Waals surface area contributed by atoms with Gasteiger partial charge in [-0.3, -0.25) is 9.97 Å². The van der Waals surface area contributed by atoms with Crippen LogP contribution in [0.5, 0.6) is 0 Å². The van der Waals surface area contributed by atoms with Crippen molar-refractivity contribution in [3.8, 4) is 10.6 Å². The van der Waals surface area contributed by atoms with E-state index in [9.17, 15) is 0 Å². The second kappa shape index (κ2) is 5.55. The maximum atomic E-state index is 4.38. The Kier molecular flexibility index (Phi) is 3.61. The molecule has 2 aromatic heterocycles. The summed E-state index contributed by atoms with van der Waals surface area (Å²) in [5, 5.41) is 0. The minimum absolute atomic E-state index is 0.955. The van der Waals surface area contributed by atoms with E-state index in [0.29, 0.717) is 0 Å². The van der Waals surface area contributed by atoms with Crippen LogP contribution in [0.25, 0.3) is 10.6 Å². The molecule has 0 saturated heterocycles. The number of aryl methyl sites for hydroxylation is 2. The standard InChI is InChI=1S/C17H16N2S/c1-12-5-3-4-6-14(12)9-15-10-17(20-13(15)2)16-11-18-7-8-19-16/h3-8,10-11H,9H2,1-2H3. The Hall–Kier alpha value is -2.00. The largest absolute Gasteiger partial charge is 0.261 e. The fourth-order valence-electron chi connectivity index (χ4n) is 2.26. The lowest BCUT2D eigenvalue weighted by Crippen LogP contribution is -1.91. The molecule has 0 spiro atoms. The minimum atomic E-state index is 0.955. The third-order valence-corrected chi connectivity index (χ3v) is 4.59. The number of thiophene rings is 1. The van der Waals surface area contributed by atoms with E-state index in [2.05, 4.69) is 54.1 Å². The Balaban J connectivity index is 1.92. The van der Waals surface area contributed by atoms with Gasteiger partial charge in [-0.1, -0.05) is 24.3 Å². The maximum Gasteiger partial charge on any atom is 0.0984 e. The summed E-state index contributed by atoms with van der Waals surface area (Å²) in [5.74, 6) is 0. The summed E-state index contributed by atoms with van der Waals surface area (Å²) >= 11 is 1.79. The molecule has 2 heterocycles. The highest BCUT2D eigenvalue weighted by Gasteiger charge is 2.09. The van der Waals surface area contributed by atoms with Crippen LogP contribution < -0.4 is 0 Å². The van der Waals surface area contributed by atoms with Gasteiger partial charge in [-0.25, -0.2) is 0 Å². The molecule has 0 radical (unpaired) electrons. The average molecular weight is 280 g/mol. The van der Waals surface area contributed by atoms with Crippen molar-refractivity contribution in [1.82, 2.24) is 9.97 Å². The van der Waals surface area contributed by atoms with Crippen molar-refractivity contribution in [3.63, 3.8) is 0 Å². The van der Waals surface area contributed by atoms with Gasteiger partial charge in [-0.2, -0.15) is 0 Å². The Labute approximate surface area is 123 Å². The van der Waals surface area contributed by atoms with Gasteiger partial charge in [0, 0.05) is 17.3 Å². The van der Waals surface area contributed by atoms with Gasteiger partial charge in [0.1, 0.15) is 0 Å². The zero-order chi connectivity index (χ0) is 13.9. The van der Waals surface area contributed by atoms with Crippen LogP contribution in [0.1, 0.15) is 21.6 Å². The zero-order valence-corrected chi connectivity index (χ0v) is 12.4. The molecule has 0 aliphatic carbocycles. The number of aromatic nitrogens is 2. The van der Waals surface area contributed by atoms with Crippen LogP contribution in [-0.4, -0.2) is 9.97 Å². The third kappa shape index (κ3) is 2.63. The predicted octanol–water partition coefficient (Wildman–Crippen LogP) is 4.41. The summed E-state index contributed by atoms with van der Waals surface area (Å²) < 4.78 is 0. The fraction of sp³-hybridized carbons (Fsp3) is 0.176. The molecule has 3 heteroatoms. The SMILES string of the molecule is Cc1ccccc1Cc1cc(-c2cnccn2)sc1C. The molecule has 0 unspecified atom stereocenters. The van der Waals surface area contributed by atoms with Gasteiger partial charge in [-0.15, -0.1) is 11.3 Å². The van der Waals surface area contributed by atoms with Crippen molar-refractivity contribution in [1.29, 1.82) is 0 Å². The van der Waals surface area contributed by atoms with Gasteiger partial charge in [0.15, 0.2) is 0 Å².